The van der Waals surface area contributed by atoms with Gasteiger partial charge in [-0.15, -0.1) is 12.6 Å². The minimum atomic E-state index is -4.60. The van der Waals surface area contributed by atoms with E-state index in [2.05, 4.69) is 12.6 Å². The first-order valence-corrected chi connectivity index (χ1v) is 8.52. The van der Waals surface area contributed by atoms with Crippen LogP contribution in [0.15, 0.2) is 35.2 Å². The zero-order chi connectivity index (χ0) is 20.2. The minimum absolute atomic E-state index is 0.151. The van der Waals surface area contributed by atoms with Crippen molar-refractivity contribution in [3.63, 3.8) is 0 Å². The molecule has 0 unspecified atom stereocenters. The molecule has 8 heteroatoms. The van der Waals surface area contributed by atoms with Crippen LogP contribution in [0.1, 0.15) is 30.0 Å². The number of carbonyl (C=O) groups excluding carboxylic acids is 1. The van der Waals surface area contributed by atoms with Crippen LogP contribution >= 0.6 is 12.6 Å². The Morgan fingerprint density at radius 2 is 1.81 bits per heavy atom. The van der Waals surface area contributed by atoms with Crippen LogP contribution in [0.4, 0.5) is 13.2 Å². The van der Waals surface area contributed by atoms with Gasteiger partial charge in [-0.1, -0.05) is 13.0 Å². The molecule has 0 saturated carbocycles. The summed E-state index contributed by atoms with van der Waals surface area (Å²) in [6, 6.07) is 6.95. The number of ether oxygens (including phenoxy) is 3. The van der Waals surface area contributed by atoms with Crippen LogP contribution in [-0.2, 0) is 17.6 Å². The fraction of sp³-hybridized carbons (Fsp3) is 0.316. The maximum absolute atomic E-state index is 13.3. The second kappa shape index (κ2) is 8.56. The number of benzene rings is 2. The molecule has 0 aliphatic rings. The van der Waals surface area contributed by atoms with Crippen LogP contribution in [0.5, 0.6) is 17.2 Å². The third kappa shape index (κ3) is 5.09. The van der Waals surface area contributed by atoms with Gasteiger partial charge >= 0.3 is 12.1 Å². The summed E-state index contributed by atoms with van der Waals surface area (Å²) in [5.74, 6) is -0.294. The predicted molar refractivity (Wildman–Crippen MR) is 96.7 cm³/mol. The molecule has 0 bridgehead atoms. The van der Waals surface area contributed by atoms with Crippen LogP contribution < -0.4 is 14.2 Å². The molecule has 2 aromatic rings. The zero-order valence-corrected chi connectivity index (χ0v) is 15.9. The summed E-state index contributed by atoms with van der Waals surface area (Å²) in [6.07, 6.45) is -4.45. The summed E-state index contributed by atoms with van der Waals surface area (Å²) in [7, 11) is 1.41. The van der Waals surface area contributed by atoms with Crippen molar-refractivity contribution >= 4 is 18.6 Å². The number of carbonyl (C=O) groups is 1. The van der Waals surface area contributed by atoms with E-state index in [9.17, 15) is 18.0 Å². The molecule has 0 spiro atoms. The molecule has 0 aromatic heterocycles. The first-order chi connectivity index (χ1) is 12.7. The number of methoxy groups -OCH3 is 1. The molecule has 0 amide bonds. The highest BCUT2D eigenvalue weighted by Crippen LogP contribution is 2.40. The second-order valence-corrected chi connectivity index (χ2v) is 6.17. The Morgan fingerprint density at radius 1 is 1.15 bits per heavy atom. The number of hydrogen-bond donors (Lipinski definition) is 1. The standard InChI is InChI=1S/C19H19F3O4S/c1-4-18(23)26-15-7-5-6-14(24-3)12(15)10-25-16-8-11(2)17(27)9-13(16)19(20,21)22/h5-9,27H,4,10H2,1-3H3. The van der Waals surface area contributed by atoms with Crippen molar-refractivity contribution in [1.82, 2.24) is 0 Å². The fourth-order valence-electron chi connectivity index (χ4n) is 2.33. The highest BCUT2D eigenvalue weighted by atomic mass is 32.1. The lowest BCUT2D eigenvalue weighted by molar-refractivity contribution is -0.139. The normalized spacial score (nSPS) is 11.2. The van der Waals surface area contributed by atoms with E-state index in [-0.39, 0.29) is 29.4 Å². The van der Waals surface area contributed by atoms with Crippen LogP contribution in [0.25, 0.3) is 0 Å². The molecule has 0 radical (unpaired) electrons. The Hall–Kier alpha value is -2.35. The summed E-state index contributed by atoms with van der Waals surface area (Å²) in [5, 5.41) is 0. The van der Waals surface area contributed by atoms with Crippen molar-refractivity contribution in [3.8, 4) is 17.2 Å². The van der Waals surface area contributed by atoms with Gasteiger partial charge in [-0.3, -0.25) is 4.79 Å². The fourth-order valence-corrected chi connectivity index (χ4v) is 2.52. The van der Waals surface area contributed by atoms with E-state index in [1.807, 2.05) is 0 Å². The molecule has 27 heavy (non-hydrogen) atoms. The van der Waals surface area contributed by atoms with Crippen molar-refractivity contribution in [2.45, 2.75) is 37.9 Å². The van der Waals surface area contributed by atoms with Gasteiger partial charge in [-0.25, -0.2) is 0 Å². The molecular formula is C19H19F3O4S. The molecule has 0 aliphatic heterocycles. The molecular weight excluding hydrogens is 381 g/mol. The van der Waals surface area contributed by atoms with Gasteiger partial charge in [0, 0.05) is 11.3 Å². The van der Waals surface area contributed by atoms with E-state index >= 15 is 0 Å². The quantitative estimate of drug-likeness (QED) is 0.411. The summed E-state index contributed by atoms with van der Waals surface area (Å²) < 4.78 is 55.9. The average Bonchev–Trinajstić information content (AvgIpc) is 2.61. The van der Waals surface area contributed by atoms with Crippen LogP contribution in [0.2, 0.25) is 0 Å². The lowest BCUT2D eigenvalue weighted by atomic mass is 10.1. The topological polar surface area (TPSA) is 44.8 Å². The Balaban J connectivity index is 2.39. The summed E-state index contributed by atoms with van der Waals surface area (Å²) in [6.45, 7) is 2.99. The van der Waals surface area contributed by atoms with E-state index in [1.165, 1.54) is 19.2 Å². The monoisotopic (exact) mass is 400 g/mol. The maximum Gasteiger partial charge on any atom is 0.420 e. The summed E-state index contributed by atoms with van der Waals surface area (Å²) in [4.78, 5) is 11.8. The van der Waals surface area contributed by atoms with Crippen LogP contribution in [0.3, 0.4) is 0 Å². The zero-order valence-electron chi connectivity index (χ0n) is 15.0. The van der Waals surface area contributed by atoms with Gasteiger partial charge in [0.2, 0.25) is 0 Å². The van der Waals surface area contributed by atoms with E-state index < -0.39 is 17.7 Å². The van der Waals surface area contributed by atoms with Crippen LogP contribution in [0, 0.1) is 6.92 Å². The molecule has 0 fully saturated rings. The van der Waals surface area contributed by atoms with Gasteiger partial charge in [0.15, 0.2) is 0 Å². The molecule has 0 aliphatic carbocycles. The maximum atomic E-state index is 13.3. The molecule has 0 saturated heterocycles. The van der Waals surface area contributed by atoms with Crippen molar-refractivity contribution in [1.29, 1.82) is 0 Å². The third-order valence-electron chi connectivity index (χ3n) is 3.80. The molecule has 2 aromatic carbocycles. The first kappa shape index (κ1) is 21.0. The lowest BCUT2D eigenvalue weighted by Gasteiger charge is -2.18. The molecule has 0 heterocycles. The van der Waals surface area contributed by atoms with Crippen molar-refractivity contribution in [2.75, 3.05) is 7.11 Å². The first-order valence-electron chi connectivity index (χ1n) is 8.07. The minimum Gasteiger partial charge on any atom is -0.496 e. The molecule has 4 nitrogen and oxygen atoms in total. The van der Waals surface area contributed by atoms with Gasteiger partial charge in [-0.05, 0) is 36.8 Å². The number of rotatable bonds is 6. The Labute approximate surface area is 160 Å². The number of aryl methyl sites for hydroxylation is 1. The van der Waals surface area contributed by atoms with E-state index in [0.29, 0.717) is 16.9 Å². The largest absolute Gasteiger partial charge is 0.496 e. The van der Waals surface area contributed by atoms with Crippen molar-refractivity contribution < 1.29 is 32.2 Å². The van der Waals surface area contributed by atoms with Gasteiger partial charge in [-0.2, -0.15) is 13.2 Å². The molecule has 146 valence electrons. The van der Waals surface area contributed by atoms with Gasteiger partial charge in [0.05, 0.1) is 18.2 Å². The average molecular weight is 400 g/mol. The van der Waals surface area contributed by atoms with Crippen molar-refractivity contribution in [2.24, 2.45) is 0 Å². The molecule has 0 atom stereocenters. The molecule has 0 N–H and O–H groups in total. The Morgan fingerprint density at radius 3 is 2.41 bits per heavy atom. The predicted octanol–water partition coefficient (Wildman–Crippen LogP) is 5.21. The number of hydrogen-bond acceptors (Lipinski definition) is 5. The smallest absolute Gasteiger partial charge is 0.420 e. The Bertz CT molecular complexity index is 834. The van der Waals surface area contributed by atoms with Gasteiger partial charge < -0.3 is 14.2 Å². The number of alkyl halides is 3. The molecule has 2 rings (SSSR count). The summed E-state index contributed by atoms with van der Waals surface area (Å²) in [5.41, 5.74) is -0.0541. The van der Waals surface area contributed by atoms with E-state index in [4.69, 9.17) is 14.2 Å². The second-order valence-electron chi connectivity index (χ2n) is 5.69. The highest BCUT2D eigenvalue weighted by Gasteiger charge is 2.35. The highest BCUT2D eigenvalue weighted by molar-refractivity contribution is 7.80. The van der Waals surface area contributed by atoms with Crippen molar-refractivity contribution in [3.05, 3.63) is 47.0 Å². The Kier molecular flexibility index (Phi) is 6.64. The van der Waals surface area contributed by atoms with Crippen LogP contribution in [-0.4, -0.2) is 13.1 Å². The number of halogens is 3. The van der Waals surface area contributed by atoms with Gasteiger partial charge in [0.1, 0.15) is 23.9 Å². The van der Waals surface area contributed by atoms with E-state index in [0.717, 1.165) is 6.07 Å². The number of esters is 1. The van der Waals surface area contributed by atoms with Gasteiger partial charge in [0.25, 0.3) is 0 Å². The summed E-state index contributed by atoms with van der Waals surface area (Å²) >= 11 is 4.05. The number of thiol groups is 1. The third-order valence-corrected chi connectivity index (χ3v) is 4.28. The lowest BCUT2D eigenvalue weighted by Crippen LogP contribution is -2.12. The van der Waals surface area contributed by atoms with E-state index in [1.54, 1.807) is 26.0 Å². The SMILES string of the molecule is CCC(=O)Oc1cccc(OC)c1COc1cc(C)c(S)cc1C(F)(F)F.